The number of aromatic hydroxyl groups is 1. The molecule has 2 aromatic carbocycles. The fourth-order valence-corrected chi connectivity index (χ4v) is 2.17. The van der Waals surface area contributed by atoms with E-state index in [0.717, 1.165) is 0 Å². The highest BCUT2D eigenvalue weighted by Crippen LogP contribution is 2.35. The van der Waals surface area contributed by atoms with E-state index in [1.54, 1.807) is 32.9 Å². The number of rotatable bonds is 3. The lowest BCUT2D eigenvalue weighted by Crippen LogP contribution is -2.24. The van der Waals surface area contributed by atoms with E-state index in [9.17, 15) is 20.0 Å². The Morgan fingerprint density at radius 3 is 2.50 bits per heavy atom. The largest absolute Gasteiger partial charge is 0.502 e. The first-order valence-corrected chi connectivity index (χ1v) is 7.20. The number of hydrogen-bond donors (Lipinski definition) is 2. The average molecular weight is 330 g/mol. The maximum atomic E-state index is 12.2. The first kappa shape index (κ1) is 17.3. The predicted octanol–water partition coefficient (Wildman–Crippen LogP) is 3.50. The van der Waals surface area contributed by atoms with Gasteiger partial charge in [0.05, 0.1) is 16.2 Å². The molecule has 0 unspecified atom stereocenters. The minimum atomic E-state index is -0.688. The topological polar surface area (TPSA) is 116 Å². The molecule has 0 atom stereocenters. The van der Waals surface area contributed by atoms with Gasteiger partial charge in [0, 0.05) is 11.6 Å². The summed E-state index contributed by atoms with van der Waals surface area (Å²) in [5, 5.41) is 20.5. The number of hydrogen-bond acceptors (Lipinski definition) is 6. The van der Waals surface area contributed by atoms with Crippen LogP contribution >= 0.6 is 0 Å². The van der Waals surface area contributed by atoms with Crippen molar-refractivity contribution in [3.63, 3.8) is 0 Å². The average Bonchev–Trinajstić information content (AvgIpc) is 2.46. The number of carbonyl (C=O) groups excluding carboxylic acids is 1. The Hall–Kier alpha value is -3.09. The van der Waals surface area contributed by atoms with Gasteiger partial charge in [0.2, 0.25) is 0 Å². The van der Waals surface area contributed by atoms with Gasteiger partial charge in [0.1, 0.15) is 5.60 Å². The summed E-state index contributed by atoms with van der Waals surface area (Å²) in [6, 6.07) is 8.70. The molecule has 2 rings (SSSR count). The number of phenols is 1. The van der Waals surface area contributed by atoms with E-state index in [-0.39, 0.29) is 11.3 Å². The standard InChI is InChI=1S/C17H18N2O5/c1-17(2,3)24-16(21)12-6-4-5-11(15(12)18)10-7-8-14(20)13(9-10)19(22)23/h4-9,20H,18H2,1-3H3. The van der Waals surface area contributed by atoms with E-state index in [4.69, 9.17) is 10.5 Å². The molecule has 0 aliphatic carbocycles. The maximum Gasteiger partial charge on any atom is 0.340 e. The van der Waals surface area contributed by atoms with E-state index in [0.29, 0.717) is 11.1 Å². The SMILES string of the molecule is CC(C)(C)OC(=O)c1cccc(-c2ccc(O)c([N+](=O)[O-])c2)c1N. The van der Waals surface area contributed by atoms with Crippen LogP contribution in [0.5, 0.6) is 5.75 Å². The zero-order chi connectivity index (χ0) is 18.1. The zero-order valence-corrected chi connectivity index (χ0v) is 13.6. The number of nitrogens with two attached hydrogens (primary N) is 1. The van der Waals surface area contributed by atoms with Gasteiger partial charge >= 0.3 is 11.7 Å². The van der Waals surface area contributed by atoms with E-state index >= 15 is 0 Å². The number of anilines is 1. The quantitative estimate of drug-likeness (QED) is 0.385. The second kappa shape index (κ2) is 6.19. The summed E-state index contributed by atoms with van der Waals surface area (Å²) in [5.41, 5.74) is 6.16. The molecule has 0 saturated carbocycles. The van der Waals surface area contributed by atoms with Gasteiger partial charge in [-0.25, -0.2) is 4.79 Å². The number of nitrogen functional groups attached to an aromatic ring is 1. The van der Waals surface area contributed by atoms with E-state index in [1.165, 1.54) is 24.3 Å². The maximum absolute atomic E-state index is 12.2. The van der Waals surface area contributed by atoms with E-state index in [1.807, 2.05) is 0 Å². The number of carbonyl (C=O) groups is 1. The summed E-state index contributed by atoms with van der Waals surface area (Å²) in [4.78, 5) is 22.5. The van der Waals surface area contributed by atoms with Crippen molar-refractivity contribution in [2.24, 2.45) is 0 Å². The third kappa shape index (κ3) is 3.62. The summed E-state index contributed by atoms with van der Waals surface area (Å²) >= 11 is 0. The molecule has 0 aliphatic rings. The molecule has 0 aromatic heterocycles. The summed E-state index contributed by atoms with van der Waals surface area (Å²) in [7, 11) is 0. The summed E-state index contributed by atoms with van der Waals surface area (Å²) < 4.78 is 5.31. The lowest BCUT2D eigenvalue weighted by atomic mass is 9.99. The smallest absolute Gasteiger partial charge is 0.340 e. The molecule has 24 heavy (non-hydrogen) atoms. The fourth-order valence-electron chi connectivity index (χ4n) is 2.17. The van der Waals surface area contributed by atoms with Crippen molar-refractivity contribution in [2.45, 2.75) is 26.4 Å². The minimum Gasteiger partial charge on any atom is -0.502 e. The Balaban J connectivity index is 2.50. The number of ether oxygens (including phenoxy) is 1. The summed E-state index contributed by atoms with van der Waals surface area (Å²) in [5.74, 6) is -1.01. The molecule has 2 aromatic rings. The van der Waals surface area contributed by atoms with Crippen LogP contribution in [-0.2, 0) is 4.74 Å². The van der Waals surface area contributed by atoms with Gasteiger partial charge in [-0.05, 0) is 38.5 Å². The molecule has 0 aliphatic heterocycles. The van der Waals surface area contributed by atoms with Crippen LogP contribution in [0.25, 0.3) is 11.1 Å². The molecule has 3 N–H and O–H groups in total. The van der Waals surface area contributed by atoms with Crippen LogP contribution in [-0.4, -0.2) is 21.6 Å². The first-order chi connectivity index (χ1) is 11.1. The molecule has 0 heterocycles. The molecule has 126 valence electrons. The molecular weight excluding hydrogens is 312 g/mol. The van der Waals surface area contributed by atoms with Crippen LogP contribution in [0.15, 0.2) is 36.4 Å². The number of para-hydroxylation sites is 1. The molecule has 0 bridgehead atoms. The van der Waals surface area contributed by atoms with Crippen LogP contribution in [0.3, 0.4) is 0 Å². The Labute approximate surface area is 138 Å². The lowest BCUT2D eigenvalue weighted by Gasteiger charge is -2.20. The number of nitro benzene ring substituents is 1. The molecule has 0 spiro atoms. The lowest BCUT2D eigenvalue weighted by molar-refractivity contribution is -0.385. The number of nitro groups is 1. The van der Waals surface area contributed by atoms with Crippen molar-refractivity contribution in [3.05, 3.63) is 52.1 Å². The molecule has 0 fully saturated rings. The molecule has 7 heteroatoms. The summed E-state index contributed by atoms with van der Waals surface area (Å²) in [6.45, 7) is 5.23. The number of esters is 1. The van der Waals surface area contributed by atoms with Crippen molar-refractivity contribution in [1.82, 2.24) is 0 Å². The van der Waals surface area contributed by atoms with Gasteiger partial charge in [-0.3, -0.25) is 10.1 Å². The van der Waals surface area contributed by atoms with Gasteiger partial charge in [-0.15, -0.1) is 0 Å². The fraction of sp³-hybridized carbons (Fsp3) is 0.235. The Morgan fingerprint density at radius 1 is 1.25 bits per heavy atom. The summed E-state index contributed by atoms with van der Waals surface area (Å²) in [6.07, 6.45) is 0. The monoisotopic (exact) mass is 330 g/mol. The van der Waals surface area contributed by atoms with Crippen LogP contribution in [0.1, 0.15) is 31.1 Å². The van der Waals surface area contributed by atoms with Gasteiger partial charge in [0.25, 0.3) is 0 Å². The van der Waals surface area contributed by atoms with Gasteiger partial charge < -0.3 is 15.6 Å². The van der Waals surface area contributed by atoms with Crippen LogP contribution in [0.4, 0.5) is 11.4 Å². The Morgan fingerprint density at radius 2 is 1.92 bits per heavy atom. The third-order valence-electron chi connectivity index (χ3n) is 3.21. The van der Waals surface area contributed by atoms with Crippen LogP contribution < -0.4 is 5.73 Å². The van der Waals surface area contributed by atoms with Crippen molar-refractivity contribution in [2.75, 3.05) is 5.73 Å². The molecule has 0 saturated heterocycles. The van der Waals surface area contributed by atoms with Gasteiger partial charge in [-0.2, -0.15) is 0 Å². The second-order valence-electron chi connectivity index (χ2n) is 6.23. The van der Waals surface area contributed by atoms with Crippen LogP contribution in [0, 0.1) is 10.1 Å². The molecule has 0 amide bonds. The number of nitrogens with zero attached hydrogens (tertiary/aromatic N) is 1. The van der Waals surface area contributed by atoms with Crippen LogP contribution in [0.2, 0.25) is 0 Å². The predicted molar refractivity (Wildman–Crippen MR) is 89.8 cm³/mol. The molecule has 7 nitrogen and oxygen atoms in total. The molecular formula is C17H18N2O5. The third-order valence-corrected chi connectivity index (χ3v) is 3.21. The van der Waals surface area contributed by atoms with Gasteiger partial charge in [-0.1, -0.05) is 18.2 Å². The van der Waals surface area contributed by atoms with Crippen molar-refractivity contribution in [1.29, 1.82) is 0 Å². The normalized spacial score (nSPS) is 11.1. The highest BCUT2D eigenvalue weighted by atomic mass is 16.6. The first-order valence-electron chi connectivity index (χ1n) is 7.20. The van der Waals surface area contributed by atoms with Crippen molar-refractivity contribution < 1.29 is 19.6 Å². The minimum absolute atomic E-state index is 0.159. The number of benzene rings is 2. The van der Waals surface area contributed by atoms with Crippen molar-refractivity contribution in [3.8, 4) is 16.9 Å². The van der Waals surface area contributed by atoms with Crippen molar-refractivity contribution >= 4 is 17.3 Å². The molecule has 0 radical (unpaired) electrons. The zero-order valence-electron chi connectivity index (χ0n) is 13.6. The highest BCUT2D eigenvalue weighted by Gasteiger charge is 2.22. The Bertz CT molecular complexity index is 809. The van der Waals surface area contributed by atoms with E-state index < -0.39 is 27.9 Å². The van der Waals surface area contributed by atoms with Gasteiger partial charge in [0.15, 0.2) is 5.75 Å². The second-order valence-corrected chi connectivity index (χ2v) is 6.23. The number of phenolic OH excluding ortho intramolecular Hbond substituents is 1. The highest BCUT2D eigenvalue weighted by molar-refractivity contribution is 5.99. The Kier molecular flexibility index (Phi) is 4.45. The van der Waals surface area contributed by atoms with E-state index in [2.05, 4.69) is 0 Å².